The number of aryl methyl sites for hydroxylation is 1. The second-order valence-corrected chi connectivity index (χ2v) is 6.51. The van der Waals surface area contributed by atoms with E-state index in [1.807, 2.05) is 42.6 Å². The number of benzene rings is 2. The molecule has 1 aliphatic heterocycles. The summed E-state index contributed by atoms with van der Waals surface area (Å²) in [7, 11) is 0. The molecule has 8 nitrogen and oxygen atoms in total. The number of carbonyl (C=O) groups is 2. The third-order valence-corrected chi connectivity index (χ3v) is 4.44. The van der Waals surface area contributed by atoms with Crippen LogP contribution in [0.5, 0.6) is 11.5 Å². The third kappa shape index (κ3) is 4.73. The molecule has 1 aliphatic rings. The summed E-state index contributed by atoms with van der Waals surface area (Å²) >= 11 is 0. The molecule has 1 aromatic heterocycles. The number of rotatable bonds is 7. The van der Waals surface area contributed by atoms with Crippen LogP contribution < -0.4 is 20.1 Å². The number of aromatic nitrogens is 2. The van der Waals surface area contributed by atoms with E-state index in [0.29, 0.717) is 23.6 Å². The van der Waals surface area contributed by atoms with E-state index in [1.165, 1.54) is 0 Å². The topological polar surface area (TPSA) is 94.5 Å². The molecule has 29 heavy (non-hydrogen) atoms. The average Bonchev–Trinajstić information content (AvgIpc) is 3.43. The molecule has 0 fully saturated rings. The Hall–Kier alpha value is -3.81. The van der Waals surface area contributed by atoms with Crippen LogP contribution in [0.1, 0.15) is 12.0 Å². The Morgan fingerprint density at radius 3 is 2.66 bits per heavy atom. The van der Waals surface area contributed by atoms with Crippen LogP contribution in [0.25, 0.3) is 5.69 Å². The molecule has 0 radical (unpaired) electrons. The van der Waals surface area contributed by atoms with Crippen molar-refractivity contribution in [1.29, 1.82) is 0 Å². The lowest BCUT2D eigenvalue weighted by atomic mass is 10.1. The number of amides is 2. The average molecular weight is 392 g/mol. The van der Waals surface area contributed by atoms with E-state index >= 15 is 0 Å². The lowest BCUT2D eigenvalue weighted by Crippen LogP contribution is -2.32. The van der Waals surface area contributed by atoms with Crippen LogP contribution in [-0.2, 0) is 16.0 Å². The van der Waals surface area contributed by atoms with Gasteiger partial charge in [0.2, 0.25) is 18.6 Å². The highest BCUT2D eigenvalue weighted by Crippen LogP contribution is 2.32. The van der Waals surface area contributed by atoms with E-state index in [9.17, 15) is 9.59 Å². The van der Waals surface area contributed by atoms with Crippen molar-refractivity contribution in [3.05, 3.63) is 66.5 Å². The summed E-state index contributed by atoms with van der Waals surface area (Å²) in [6.07, 6.45) is 4.38. The van der Waals surface area contributed by atoms with Gasteiger partial charge in [0.1, 0.15) is 0 Å². The first kappa shape index (κ1) is 18.5. The van der Waals surface area contributed by atoms with Gasteiger partial charge in [0.25, 0.3) is 0 Å². The smallest absolute Gasteiger partial charge is 0.243 e. The van der Waals surface area contributed by atoms with Crippen LogP contribution in [0.2, 0.25) is 0 Å². The molecule has 0 spiro atoms. The second kappa shape index (κ2) is 8.47. The molecule has 0 unspecified atom stereocenters. The molecule has 0 saturated carbocycles. The minimum absolute atomic E-state index is 0.0825. The summed E-state index contributed by atoms with van der Waals surface area (Å²) in [5, 5.41) is 9.55. The van der Waals surface area contributed by atoms with Crippen LogP contribution in [0.4, 0.5) is 5.69 Å². The largest absolute Gasteiger partial charge is 0.454 e. The molecule has 2 heterocycles. The van der Waals surface area contributed by atoms with E-state index in [1.54, 1.807) is 23.0 Å². The maximum Gasteiger partial charge on any atom is 0.243 e. The van der Waals surface area contributed by atoms with Crippen molar-refractivity contribution in [3.8, 4) is 17.2 Å². The predicted octanol–water partition coefficient (Wildman–Crippen LogP) is 2.29. The van der Waals surface area contributed by atoms with Gasteiger partial charge in [-0.3, -0.25) is 9.59 Å². The van der Waals surface area contributed by atoms with Crippen LogP contribution in [0.3, 0.4) is 0 Å². The van der Waals surface area contributed by atoms with Crippen LogP contribution in [0.15, 0.2) is 60.9 Å². The zero-order valence-electron chi connectivity index (χ0n) is 15.6. The maximum atomic E-state index is 12.1. The Bertz CT molecular complexity index is 1000. The van der Waals surface area contributed by atoms with Crippen LogP contribution in [-0.4, -0.2) is 34.9 Å². The molecule has 0 saturated heterocycles. The number of carbonyl (C=O) groups excluding carboxylic acids is 2. The third-order valence-electron chi connectivity index (χ3n) is 4.44. The van der Waals surface area contributed by atoms with Gasteiger partial charge in [-0.05, 0) is 54.4 Å². The summed E-state index contributed by atoms with van der Waals surface area (Å²) in [5.74, 6) is 0.938. The fourth-order valence-electron chi connectivity index (χ4n) is 2.95. The number of nitrogens with zero attached hydrogens (tertiary/aromatic N) is 2. The summed E-state index contributed by atoms with van der Waals surface area (Å²) in [6.45, 7) is 0.140. The van der Waals surface area contributed by atoms with Crippen molar-refractivity contribution in [2.45, 2.75) is 12.8 Å². The highest BCUT2D eigenvalue weighted by Gasteiger charge is 2.14. The zero-order valence-corrected chi connectivity index (χ0v) is 15.6. The summed E-state index contributed by atoms with van der Waals surface area (Å²) in [6, 6.07) is 14.7. The minimum atomic E-state index is -0.284. The van der Waals surface area contributed by atoms with Crippen LogP contribution in [0, 0.1) is 0 Å². The molecule has 0 atom stereocenters. The lowest BCUT2D eigenvalue weighted by molar-refractivity contribution is -0.124. The van der Waals surface area contributed by atoms with Gasteiger partial charge >= 0.3 is 0 Å². The fraction of sp³-hybridized carbons (Fsp3) is 0.190. The minimum Gasteiger partial charge on any atom is -0.454 e. The zero-order chi connectivity index (χ0) is 20.1. The number of hydrogen-bond acceptors (Lipinski definition) is 5. The maximum absolute atomic E-state index is 12.1. The standard InChI is InChI=1S/C21H20N4O4/c26-20(9-3-15-2-8-18-19(12-15)29-14-28-18)22-13-21(27)24-16-4-6-17(7-5-16)25-11-1-10-23-25/h1-2,4-8,10-12H,3,9,13-14H2,(H,22,26)(H,24,27). The lowest BCUT2D eigenvalue weighted by Gasteiger charge is -2.08. The molecule has 3 aromatic rings. The van der Waals surface area contributed by atoms with E-state index in [0.717, 1.165) is 11.3 Å². The summed E-state index contributed by atoms with van der Waals surface area (Å²) in [5.41, 5.74) is 2.52. The molecule has 2 amide bonds. The highest BCUT2D eigenvalue weighted by molar-refractivity contribution is 5.94. The van der Waals surface area contributed by atoms with Gasteiger partial charge in [-0.1, -0.05) is 6.07 Å². The first-order valence-corrected chi connectivity index (χ1v) is 9.22. The van der Waals surface area contributed by atoms with Crippen molar-refractivity contribution in [1.82, 2.24) is 15.1 Å². The first-order valence-electron chi connectivity index (χ1n) is 9.22. The fourth-order valence-corrected chi connectivity index (χ4v) is 2.95. The van der Waals surface area contributed by atoms with Gasteiger partial charge < -0.3 is 20.1 Å². The molecular weight excluding hydrogens is 372 g/mol. The molecule has 4 rings (SSSR count). The quantitative estimate of drug-likeness (QED) is 0.643. The van der Waals surface area contributed by atoms with Crippen LogP contribution >= 0.6 is 0 Å². The van der Waals surface area contributed by atoms with E-state index < -0.39 is 0 Å². The van der Waals surface area contributed by atoms with E-state index in [-0.39, 0.29) is 31.6 Å². The molecule has 0 bridgehead atoms. The van der Waals surface area contributed by atoms with Gasteiger partial charge in [0, 0.05) is 24.5 Å². The normalized spacial score (nSPS) is 11.9. The highest BCUT2D eigenvalue weighted by atomic mass is 16.7. The van der Waals surface area contributed by atoms with Crippen molar-refractivity contribution < 1.29 is 19.1 Å². The van der Waals surface area contributed by atoms with Gasteiger partial charge in [-0.15, -0.1) is 0 Å². The first-order chi connectivity index (χ1) is 14.2. The monoisotopic (exact) mass is 392 g/mol. The Morgan fingerprint density at radius 2 is 1.86 bits per heavy atom. The van der Waals surface area contributed by atoms with E-state index in [4.69, 9.17) is 9.47 Å². The predicted molar refractivity (Wildman–Crippen MR) is 106 cm³/mol. The number of anilines is 1. The van der Waals surface area contributed by atoms with Gasteiger partial charge in [0.05, 0.1) is 12.2 Å². The molecule has 148 valence electrons. The molecule has 2 N–H and O–H groups in total. The van der Waals surface area contributed by atoms with Crippen molar-refractivity contribution in [2.24, 2.45) is 0 Å². The number of fused-ring (bicyclic) bond motifs is 1. The molecule has 0 aliphatic carbocycles. The Morgan fingerprint density at radius 1 is 1.03 bits per heavy atom. The van der Waals surface area contributed by atoms with E-state index in [2.05, 4.69) is 15.7 Å². The van der Waals surface area contributed by atoms with Gasteiger partial charge in [0.15, 0.2) is 11.5 Å². The second-order valence-electron chi connectivity index (χ2n) is 6.51. The SMILES string of the molecule is O=C(CCc1ccc2c(c1)OCO2)NCC(=O)Nc1ccc(-n2cccn2)cc1. The van der Waals surface area contributed by atoms with Crippen molar-refractivity contribution in [3.63, 3.8) is 0 Å². The Kier molecular flexibility index (Phi) is 5.42. The van der Waals surface area contributed by atoms with Gasteiger partial charge in [-0.2, -0.15) is 5.10 Å². The van der Waals surface area contributed by atoms with Crippen molar-refractivity contribution in [2.75, 3.05) is 18.7 Å². The number of ether oxygens (including phenoxy) is 2. The summed E-state index contributed by atoms with van der Waals surface area (Å²) in [4.78, 5) is 24.1. The molecular formula is C21H20N4O4. The Balaban J connectivity index is 1.20. The molecule has 2 aromatic carbocycles. The Labute approximate surface area is 167 Å². The number of hydrogen-bond donors (Lipinski definition) is 2. The summed E-state index contributed by atoms with van der Waals surface area (Å²) < 4.78 is 12.3. The molecule has 8 heteroatoms. The van der Waals surface area contributed by atoms with Gasteiger partial charge in [-0.25, -0.2) is 4.68 Å². The number of nitrogens with one attached hydrogen (secondary N) is 2. The van der Waals surface area contributed by atoms with Crippen molar-refractivity contribution >= 4 is 17.5 Å².